The average Bonchev–Trinajstić information content (AvgIpc) is 2.47. The molecule has 1 atom stereocenters. The van der Waals surface area contributed by atoms with Crippen LogP contribution in [-0.2, 0) is 0 Å². The molecule has 1 aromatic rings. The van der Waals surface area contributed by atoms with Crippen molar-refractivity contribution in [3.8, 4) is 6.07 Å². The van der Waals surface area contributed by atoms with Crippen molar-refractivity contribution in [3.05, 3.63) is 28.8 Å². The molecule has 1 amide bonds. The van der Waals surface area contributed by atoms with Crippen LogP contribution in [0.3, 0.4) is 0 Å². The lowest BCUT2D eigenvalue weighted by Gasteiger charge is -2.32. The Hall–Kier alpha value is -1.22. The molecule has 0 bridgehead atoms. The number of benzene rings is 1. The summed E-state index contributed by atoms with van der Waals surface area (Å²) in [6.45, 7) is 1.72. The first kappa shape index (κ1) is 14.2. The van der Waals surface area contributed by atoms with Crippen LogP contribution in [0.4, 0.5) is 0 Å². The van der Waals surface area contributed by atoms with Gasteiger partial charge in [0, 0.05) is 24.5 Å². The first-order chi connectivity index (χ1) is 9.17. The molecular weight excluding hydrogens is 282 g/mol. The Kier molecular flexibility index (Phi) is 4.70. The fourth-order valence-electron chi connectivity index (χ4n) is 2.01. The maximum absolute atomic E-state index is 12.5. The highest BCUT2D eigenvalue weighted by atomic mass is 35.5. The summed E-state index contributed by atoms with van der Waals surface area (Å²) < 4.78 is 0. The molecule has 1 unspecified atom stereocenters. The first-order valence-corrected chi connectivity index (χ1v) is 7.52. The van der Waals surface area contributed by atoms with Crippen molar-refractivity contribution >= 4 is 29.3 Å². The zero-order valence-corrected chi connectivity index (χ0v) is 12.1. The molecule has 1 fully saturated rings. The Labute approximate surface area is 121 Å². The molecule has 0 aliphatic carbocycles. The third-order valence-corrected chi connectivity index (χ3v) is 4.11. The monoisotopic (exact) mass is 295 g/mol. The van der Waals surface area contributed by atoms with Crippen molar-refractivity contribution in [2.75, 3.05) is 25.9 Å². The van der Waals surface area contributed by atoms with Crippen LogP contribution in [-0.4, -0.2) is 42.7 Å². The molecule has 2 rings (SSSR count). The third kappa shape index (κ3) is 3.03. The number of carbonyl (C=O) groups is 1. The molecule has 0 saturated carbocycles. The number of piperazine rings is 1. The molecule has 1 aromatic carbocycles. The minimum Gasteiger partial charge on any atom is -0.320 e. The van der Waals surface area contributed by atoms with Gasteiger partial charge in [0.15, 0.2) is 0 Å². The van der Waals surface area contributed by atoms with E-state index in [1.54, 1.807) is 28.8 Å². The highest BCUT2D eigenvalue weighted by Gasteiger charge is 2.28. The number of carbonyl (C=O) groups excluding carboxylic acids is 1. The zero-order valence-electron chi connectivity index (χ0n) is 10.5. The molecule has 1 saturated heterocycles. The van der Waals surface area contributed by atoms with Gasteiger partial charge in [0.1, 0.15) is 6.04 Å². The summed E-state index contributed by atoms with van der Waals surface area (Å²) in [4.78, 5) is 15.1. The van der Waals surface area contributed by atoms with Gasteiger partial charge in [-0.25, -0.2) is 0 Å². The van der Waals surface area contributed by atoms with Crippen LogP contribution in [0.1, 0.15) is 10.4 Å². The van der Waals surface area contributed by atoms with Gasteiger partial charge in [-0.2, -0.15) is 5.26 Å². The predicted molar refractivity (Wildman–Crippen MR) is 76.5 cm³/mol. The van der Waals surface area contributed by atoms with Gasteiger partial charge in [-0.1, -0.05) is 11.6 Å². The van der Waals surface area contributed by atoms with Crippen molar-refractivity contribution in [1.29, 1.82) is 5.26 Å². The first-order valence-electron chi connectivity index (χ1n) is 5.92. The summed E-state index contributed by atoms with van der Waals surface area (Å²) in [6, 6.07) is 7.10. The largest absolute Gasteiger partial charge is 0.320 e. The number of halogens is 1. The van der Waals surface area contributed by atoms with Gasteiger partial charge in [-0.05, 0) is 24.5 Å². The standard InChI is InChI=1S/C13H14ClN3OS/c1-19-10-2-3-12(14)11(6-10)13(18)17-5-4-16-8-9(17)7-15/h2-3,6,9,16H,4-5,8H2,1H3. The van der Waals surface area contributed by atoms with Crippen molar-refractivity contribution in [2.45, 2.75) is 10.9 Å². The Balaban J connectivity index is 2.30. The number of hydrogen-bond acceptors (Lipinski definition) is 4. The van der Waals surface area contributed by atoms with E-state index in [1.165, 1.54) is 0 Å². The van der Waals surface area contributed by atoms with Gasteiger partial charge in [0.2, 0.25) is 0 Å². The van der Waals surface area contributed by atoms with Crippen molar-refractivity contribution in [3.63, 3.8) is 0 Å². The van der Waals surface area contributed by atoms with E-state index in [0.717, 1.165) is 4.90 Å². The molecule has 19 heavy (non-hydrogen) atoms. The van der Waals surface area contributed by atoms with Crippen molar-refractivity contribution in [2.24, 2.45) is 0 Å². The Bertz CT molecular complexity index is 529. The quantitative estimate of drug-likeness (QED) is 0.848. The number of nitrogens with zero attached hydrogens (tertiary/aromatic N) is 2. The molecule has 4 nitrogen and oxygen atoms in total. The van der Waals surface area contributed by atoms with Gasteiger partial charge in [-0.15, -0.1) is 11.8 Å². The number of amides is 1. The fraction of sp³-hybridized carbons (Fsp3) is 0.385. The highest BCUT2D eigenvalue weighted by Crippen LogP contribution is 2.25. The number of hydrogen-bond donors (Lipinski definition) is 1. The van der Waals surface area contributed by atoms with Gasteiger partial charge >= 0.3 is 0 Å². The molecule has 0 aromatic heterocycles. The number of nitriles is 1. The zero-order chi connectivity index (χ0) is 13.8. The lowest BCUT2D eigenvalue weighted by molar-refractivity contribution is 0.0687. The number of thioether (sulfide) groups is 1. The van der Waals surface area contributed by atoms with Gasteiger partial charge in [0.05, 0.1) is 16.7 Å². The molecule has 100 valence electrons. The lowest BCUT2D eigenvalue weighted by atomic mass is 10.1. The van der Waals surface area contributed by atoms with E-state index >= 15 is 0 Å². The fourth-order valence-corrected chi connectivity index (χ4v) is 2.65. The molecule has 1 heterocycles. The average molecular weight is 296 g/mol. The van der Waals surface area contributed by atoms with E-state index in [0.29, 0.717) is 30.2 Å². The van der Waals surface area contributed by atoms with Crippen LogP contribution < -0.4 is 5.32 Å². The second-order valence-corrected chi connectivity index (χ2v) is 5.48. The minimum atomic E-state index is -0.435. The maximum Gasteiger partial charge on any atom is 0.256 e. The topological polar surface area (TPSA) is 56.1 Å². The second-order valence-electron chi connectivity index (χ2n) is 4.19. The number of rotatable bonds is 2. The summed E-state index contributed by atoms with van der Waals surface area (Å²) in [5.74, 6) is -0.172. The van der Waals surface area contributed by atoms with Crippen LogP contribution in [0.2, 0.25) is 5.02 Å². The van der Waals surface area contributed by atoms with Crippen LogP contribution in [0, 0.1) is 11.3 Å². The maximum atomic E-state index is 12.5. The van der Waals surface area contributed by atoms with Crippen molar-refractivity contribution in [1.82, 2.24) is 10.2 Å². The smallest absolute Gasteiger partial charge is 0.256 e. The van der Waals surface area contributed by atoms with Gasteiger partial charge in [-0.3, -0.25) is 4.79 Å². The summed E-state index contributed by atoms with van der Waals surface area (Å²) in [5.41, 5.74) is 0.468. The summed E-state index contributed by atoms with van der Waals surface area (Å²) in [6.07, 6.45) is 1.94. The SMILES string of the molecule is CSc1ccc(Cl)c(C(=O)N2CCNCC2C#N)c1. The highest BCUT2D eigenvalue weighted by molar-refractivity contribution is 7.98. The Morgan fingerprint density at radius 1 is 1.63 bits per heavy atom. The minimum absolute atomic E-state index is 0.172. The summed E-state index contributed by atoms with van der Waals surface area (Å²) in [5, 5.41) is 12.6. The normalized spacial score (nSPS) is 19.0. The summed E-state index contributed by atoms with van der Waals surface area (Å²) >= 11 is 7.66. The van der Waals surface area contributed by atoms with E-state index in [2.05, 4.69) is 11.4 Å². The van der Waals surface area contributed by atoms with E-state index in [4.69, 9.17) is 16.9 Å². The van der Waals surface area contributed by atoms with Crippen molar-refractivity contribution < 1.29 is 4.79 Å². The Morgan fingerprint density at radius 2 is 2.42 bits per heavy atom. The second kappa shape index (κ2) is 6.29. The molecular formula is C13H14ClN3OS. The molecule has 6 heteroatoms. The van der Waals surface area contributed by atoms with E-state index in [1.807, 2.05) is 12.3 Å². The molecule has 0 radical (unpaired) electrons. The molecule has 1 aliphatic rings. The molecule has 1 aliphatic heterocycles. The molecule has 1 N–H and O–H groups in total. The van der Waals surface area contributed by atoms with Crippen LogP contribution in [0.15, 0.2) is 23.1 Å². The summed E-state index contributed by atoms with van der Waals surface area (Å²) in [7, 11) is 0. The van der Waals surface area contributed by atoms with Crippen LogP contribution in [0.5, 0.6) is 0 Å². The number of nitrogens with one attached hydrogen (secondary N) is 1. The third-order valence-electron chi connectivity index (χ3n) is 3.06. The van der Waals surface area contributed by atoms with Gasteiger partial charge in [0.25, 0.3) is 5.91 Å². The van der Waals surface area contributed by atoms with E-state index < -0.39 is 6.04 Å². The van der Waals surface area contributed by atoms with Crippen LogP contribution in [0.25, 0.3) is 0 Å². The Morgan fingerprint density at radius 3 is 3.11 bits per heavy atom. The van der Waals surface area contributed by atoms with Crippen LogP contribution >= 0.6 is 23.4 Å². The predicted octanol–water partition coefficient (Wildman–Crippen LogP) is 2.00. The van der Waals surface area contributed by atoms with E-state index in [9.17, 15) is 4.79 Å². The molecule has 0 spiro atoms. The van der Waals surface area contributed by atoms with E-state index in [-0.39, 0.29) is 5.91 Å². The van der Waals surface area contributed by atoms with Gasteiger partial charge < -0.3 is 10.2 Å². The lowest BCUT2D eigenvalue weighted by Crippen LogP contribution is -2.53.